The standard InChI is InChI=1S/C27H36N2O8/c1-16-22-23-21(24(28-16)36-20(31)13-27(33,25(32)37-23)12-19(30)35-22)26(2,3)29-10-9-18(14-29)15-34-11-5-4-6-17-7-8-17/h17-18,33H,4-15H2,1-3H3/t18-,27?/m1/s1. The molecule has 1 saturated heterocycles. The molecule has 0 spiro atoms. The second-order valence-corrected chi connectivity index (χ2v) is 11.4. The number of fused-ring (bicyclic) bond motifs is 3. The van der Waals surface area contributed by atoms with Crippen LogP contribution in [0.2, 0.25) is 0 Å². The Morgan fingerprint density at radius 1 is 1.03 bits per heavy atom. The minimum atomic E-state index is -2.39. The van der Waals surface area contributed by atoms with E-state index in [-0.39, 0.29) is 23.1 Å². The van der Waals surface area contributed by atoms with Crippen molar-refractivity contribution in [3.63, 3.8) is 0 Å². The molecule has 10 nitrogen and oxygen atoms in total. The van der Waals surface area contributed by atoms with Gasteiger partial charge in [-0.15, -0.1) is 0 Å². The Labute approximate surface area is 216 Å². The first-order chi connectivity index (χ1) is 17.6. The molecule has 2 atom stereocenters. The fourth-order valence-electron chi connectivity index (χ4n) is 5.56. The van der Waals surface area contributed by atoms with Gasteiger partial charge in [0.25, 0.3) is 0 Å². The number of aromatic nitrogens is 1. The van der Waals surface area contributed by atoms with E-state index in [0.29, 0.717) is 18.1 Å². The molecule has 3 bridgehead atoms. The molecule has 0 aromatic carbocycles. The first-order valence-corrected chi connectivity index (χ1v) is 13.3. The summed E-state index contributed by atoms with van der Waals surface area (Å²) in [4.78, 5) is 45.0. The number of nitrogens with zero attached hydrogens (tertiary/aromatic N) is 2. The first kappa shape index (κ1) is 26.1. The lowest BCUT2D eigenvalue weighted by atomic mass is 9.91. The third kappa shape index (κ3) is 5.37. The van der Waals surface area contributed by atoms with E-state index >= 15 is 0 Å². The summed E-state index contributed by atoms with van der Waals surface area (Å²) in [5.41, 5.74) is -2.63. The molecule has 3 aliphatic heterocycles. The smallest absolute Gasteiger partial charge is 0.344 e. The molecule has 5 rings (SSSR count). The Balaban J connectivity index is 1.38. The number of aryl methyl sites for hydroxylation is 1. The van der Waals surface area contributed by atoms with E-state index in [2.05, 4.69) is 9.88 Å². The highest BCUT2D eigenvalue weighted by Gasteiger charge is 2.50. The van der Waals surface area contributed by atoms with Crippen LogP contribution in [0.3, 0.4) is 0 Å². The molecule has 0 radical (unpaired) electrons. The van der Waals surface area contributed by atoms with Crippen molar-refractivity contribution in [2.24, 2.45) is 11.8 Å². The minimum absolute atomic E-state index is 0.00421. The van der Waals surface area contributed by atoms with Gasteiger partial charge in [-0.3, -0.25) is 14.5 Å². The van der Waals surface area contributed by atoms with E-state index in [1.807, 2.05) is 13.8 Å². The highest BCUT2D eigenvalue weighted by molar-refractivity contribution is 5.94. The van der Waals surface area contributed by atoms with Crippen molar-refractivity contribution in [3.8, 4) is 17.4 Å². The molecule has 0 amide bonds. The van der Waals surface area contributed by atoms with Crippen LogP contribution in [0.25, 0.3) is 0 Å². The van der Waals surface area contributed by atoms with Crippen molar-refractivity contribution < 1.29 is 38.4 Å². The van der Waals surface area contributed by atoms with E-state index in [9.17, 15) is 19.5 Å². The number of carbonyl (C=O) groups excluding carboxylic acids is 3. The van der Waals surface area contributed by atoms with Crippen LogP contribution in [0.15, 0.2) is 0 Å². The molecule has 37 heavy (non-hydrogen) atoms. The van der Waals surface area contributed by atoms with Gasteiger partial charge in [0.2, 0.25) is 5.88 Å². The molecular formula is C27H36N2O8. The molecule has 1 aromatic heterocycles. The minimum Gasteiger partial charge on any atom is -0.420 e. The first-order valence-electron chi connectivity index (χ1n) is 13.3. The van der Waals surface area contributed by atoms with Crippen molar-refractivity contribution in [2.75, 3.05) is 26.3 Å². The zero-order chi connectivity index (χ0) is 26.4. The van der Waals surface area contributed by atoms with E-state index < -0.39 is 41.9 Å². The number of unbranched alkanes of at least 4 members (excludes halogenated alkanes) is 1. The summed E-state index contributed by atoms with van der Waals surface area (Å²) in [6.45, 7) is 8.34. The number of ether oxygens (including phenoxy) is 4. The molecule has 202 valence electrons. The summed E-state index contributed by atoms with van der Waals surface area (Å²) < 4.78 is 22.8. The number of hydrogen-bond acceptors (Lipinski definition) is 10. The molecule has 1 N–H and O–H groups in total. The number of esters is 3. The molecular weight excluding hydrogens is 480 g/mol. The number of pyridine rings is 1. The Bertz CT molecular complexity index is 1100. The molecule has 1 saturated carbocycles. The summed E-state index contributed by atoms with van der Waals surface area (Å²) >= 11 is 0. The van der Waals surface area contributed by atoms with E-state index in [4.69, 9.17) is 18.9 Å². The van der Waals surface area contributed by atoms with Gasteiger partial charge in [0.05, 0.1) is 30.7 Å². The van der Waals surface area contributed by atoms with E-state index in [0.717, 1.165) is 38.5 Å². The van der Waals surface area contributed by atoms with E-state index in [1.165, 1.54) is 25.7 Å². The largest absolute Gasteiger partial charge is 0.420 e. The third-order valence-corrected chi connectivity index (χ3v) is 8.01. The second kappa shape index (κ2) is 9.96. The molecule has 4 aliphatic rings. The van der Waals surface area contributed by atoms with Crippen LogP contribution in [0.5, 0.6) is 17.4 Å². The number of hydrogen-bond donors (Lipinski definition) is 1. The lowest BCUT2D eigenvalue weighted by Crippen LogP contribution is -2.47. The van der Waals surface area contributed by atoms with Crippen LogP contribution >= 0.6 is 0 Å². The summed E-state index contributed by atoms with van der Waals surface area (Å²) in [6.07, 6.45) is 5.84. The lowest BCUT2D eigenvalue weighted by Gasteiger charge is -2.38. The highest BCUT2D eigenvalue weighted by atomic mass is 16.6. The Hall–Kier alpha value is -2.56. The average molecular weight is 517 g/mol. The molecule has 4 heterocycles. The van der Waals surface area contributed by atoms with Gasteiger partial charge in [-0.05, 0) is 52.0 Å². The monoisotopic (exact) mass is 516 g/mol. The third-order valence-electron chi connectivity index (χ3n) is 8.01. The molecule has 1 aliphatic carbocycles. The quantitative estimate of drug-likeness (QED) is 0.387. The maximum Gasteiger partial charge on any atom is 0.344 e. The van der Waals surface area contributed by atoms with Gasteiger partial charge in [-0.1, -0.05) is 25.7 Å². The SMILES string of the molecule is Cc1nc2c(C(C)(C)N3CC[C@@H](COCCCCC4CC4)C3)c3c1OC(=O)CC(O)(CC(=O)O2)C(=O)O3. The lowest BCUT2D eigenvalue weighted by molar-refractivity contribution is -0.168. The van der Waals surface area contributed by atoms with E-state index in [1.54, 1.807) is 6.92 Å². The van der Waals surface area contributed by atoms with Crippen LogP contribution < -0.4 is 14.2 Å². The maximum atomic E-state index is 13.0. The summed E-state index contributed by atoms with van der Waals surface area (Å²) in [6, 6.07) is 0. The van der Waals surface area contributed by atoms with Crippen molar-refractivity contribution in [1.82, 2.24) is 9.88 Å². The van der Waals surface area contributed by atoms with Crippen molar-refractivity contribution in [1.29, 1.82) is 0 Å². The number of aliphatic hydroxyl groups is 1. The average Bonchev–Trinajstić information content (AvgIpc) is 3.50. The van der Waals surface area contributed by atoms with Gasteiger partial charge in [0.15, 0.2) is 17.1 Å². The summed E-state index contributed by atoms with van der Waals surface area (Å²) in [5, 5.41) is 10.8. The van der Waals surface area contributed by atoms with Crippen molar-refractivity contribution in [3.05, 3.63) is 11.3 Å². The Kier molecular flexibility index (Phi) is 7.02. The van der Waals surface area contributed by atoms with Crippen LogP contribution in [0.4, 0.5) is 0 Å². The Morgan fingerprint density at radius 2 is 1.76 bits per heavy atom. The summed E-state index contributed by atoms with van der Waals surface area (Å²) in [5.74, 6) is -1.62. The van der Waals surface area contributed by atoms with Crippen molar-refractivity contribution in [2.45, 2.75) is 83.3 Å². The number of likely N-dealkylation sites (tertiary alicyclic amines) is 1. The van der Waals surface area contributed by atoms with Gasteiger partial charge in [-0.25, -0.2) is 9.78 Å². The highest BCUT2D eigenvalue weighted by Crippen LogP contribution is 2.49. The topological polar surface area (TPSA) is 124 Å². The van der Waals surface area contributed by atoms with Crippen LogP contribution in [-0.4, -0.2) is 64.8 Å². The number of carbonyl (C=O) groups is 3. The Morgan fingerprint density at radius 3 is 2.49 bits per heavy atom. The molecule has 2 fully saturated rings. The fraction of sp³-hybridized carbons (Fsp3) is 0.704. The normalized spacial score (nSPS) is 26.2. The maximum absolute atomic E-state index is 13.0. The number of rotatable bonds is 9. The molecule has 10 heteroatoms. The predicted molar refractivity (Wildman–Crippen MR) is 130 cm³/mol. The van der Waals surface area contributed by atoms with Gasteiger partial charge >= 0.3 is 17.9 Å². The van der Waals surface area contributed by atoms with Crippen LogP contribution in [-0.2, 0) is 24.7 Å². The zero-order valence-corrected chi connectivity index (χ0v) is 21.8. The van der Waals surface area contributed by atoms with Crippen molar-refractivity contribution >= 4 is 17.9 Å². The predicted octanol–water partition coefficient (Wildman–Crippen LogP) is 2.80. The summed E-state index contributed by atoms with van der Waals surface area (Å²) in [7, 11) is 0. The van der Waals surface area contributed by atoms with Gasteiger partial charge in [0, 0.05) is 18.7 Å². The molecule has 1 unspecified atom stereocenters. The zero-order valence-electron chi connectivity index (χ0n) is 21.8. The molecule has 1 aromatic rings. The fourth-order valence-corrected chi connectivity index (χ4v) is 5.56. The second-order valence-electron chi connectivity index (χ2n) is 11.4. The van der Waals surface area contributed by atoms with Gasteiger partial charge in [-0.2, -0.15) is 0 Å². The van der Waals surface area contributed by atoms with Gasteiger partial charge < -0.3 is 24.1 Å². The van der Waals surface area contributed by atoms with Crippen LogP contribution in [0.1, 0.15) is 76.5 Å². The van der Waals surface area contributed by atoms with Gasteiger partial charge in [0.1, 0.15) is 0 Å². The van der Waals surface area contributed by atoms with Crippen LogP contribution in [0, 0.1) is 18.8 Å².